The molecule has 0 radical (unpaired) electrons. The molecule has 0 aromatic rings. The lowest BCUT2D eigenvalue weighted by atomic mass is 10.2. The summed E-state index contributed by atoms with van der Waals surface area (Å²) in [6.07, 6.45) is 3.15. The van der Waals surface area contributed by atoms with Gasteiger partial charge in [-0.2, -0.15) is 0 Å². The molecule has 0 aliphatic heterocycles. The molecule has 0 saturated carbocycles. The van der Waals surface area contributed by atoms with Crippen molar-refractivity contribution in [2.24, 2.45) is 0 Å². The number of hydrogen-bond acceptors (Lipinski definition) is 1. The Kier molecular flexibility index (Phi) is 9.17. The molecule has 0 aromatic heterocycles. The summed E-state index contributed by atoms with van der Waals surface area (Å²) in [5, 5.41) is 8.11. The maximum absolute atomic E-state index is 9.86. The van der Waals surface area contributed by atoms with E-state index in [-0.39, 0.29) is 6.42 Å². The first-order valence-electron chi connectivity index (χ1n) is 3.74. The highest BCUT2D eigenvalue weighted by Crippen LogP contribution is 1.96. The van der Waals surface area contributed by atoms with E-state index >= 15 is 0 Å². The summed E-state index contributed by atoms with van der Waals surface area (Å²) in [6.45, 7) is 15.7. The normalized spacial score (nSPS) is 7.46. The van der Waals surface area contributed by atoms with Gasteiger partial charge in [0.25, 0.3) is 0 Å². The Hall–Kier alpha value is -1.57. The van der Waals surface area contributed by atoms with Crippen molar-refractivity contribution in [2.45, 2.75) is 13.3 Å². The third kappa shape index (κ3) is 17.9. The first-order chi connectivity index (χ1) is 5.93. The van der Waals surface area contributed by atoms with Crippen molar-refractivity contribution in [3.63, 3.8) is 0 Å². The van der Waals surface area contributed by atoms with Gasteiger partial charge in [0.1, 0.15) is 0 Å². The number of carboxylic acids is 1. The molecule has 1 N–H and O–H groups in total. The molecule has 0 fully saturated rings. The molecule has 0 spiro atoms. The summed E-state index contributed by atoms with van der Waals surface area (Å²) in [5.41, 5.74) is 1.56. The lowest BCUT2D eigenvalue weighted by Gasteiger charge is -1.88. The Labute approximate surface area is 79.6 Å². The van der Waals surface area contributed by atoms with Gasteiger partial charge in [0.2, 0.25) is 0 Å². The van der Waals surface area contributed by atoms with Gasteiger partial charge in [-0.05, 0) is 12.5 Å². The summed E-state index contributed by atoms with van der Waals surface area (Å²) < 4.78 is 0. The number of rotatable bonds is 4. The molecule has 2 nitrogen and oxygen atoms in total. The van der Waals surface area contributed by atoms with E-state index in [0.29, 0.717) is 5.57 Å². The van der Waals surface area contributed by atoms with E-state index in [1.54, 1.807) is 6.08 Å². The second-order valence-electron chi connectivity index (χ2n) is 2.48. The zero-order chi connectivity index (χ0) is 10.9. The molecule has 0 bridgehead atoms. The molecule has 0 unspecified atom stereocenters. The second-order valence-corrected chi connectivity index (χ2v) is 2.48. The van der Waals surface area contributed by atoms with Crippen LogP contribution in [0.2, 0.25) is 0 Å². The van der Waals surface area contributed by atoms with Crippen LogP contribution >= 0.6 is 0 Å². The van der Waals surface area contributed by atoms with E-state index in [9.17, 15) is 4.79 Å². The van der Waals surface area contributed by atoms with E-state index in [1.807, 2.05) is 6.92 Å². The molecule has 0 heterocycles. The van der Waals surface area contributed by atoms with Gasteiger partial charge in [0.05, 0.1) is 6.42 Å². The van der Waals surface area contributed by atoms with E-state index < -0.39 is 5.97 Å². The monoisotopic (exact) mass is 180 g/mol. The number of carboxylic acid groups (broad SMARTS) is 1. The van der Waals surface area contributed by atoms with E-state index in [4.69, 9.17) is 5.11 Å². The first-order valence-corrected chi connectivity index (χ1v) is 3.74. The molecular formula is C11H16O2. The van der Waals surface area contributed by atoms with Gasteiger partial charge in [-0.25, -0.2) is 0 Å². The van der Waals surface area contributed by atoms with Crippen molar-refractivity contribution in [1.82, 2.24) is 0 Å². The molecule has 0 aliphatic carbocycles. The van der Waals surface area contributed by atoms with Crippen LogP contribution in [-0.4, -0.2) is 11.1 Å². The predicted octanol–water partition coefficient (Wildman–Crippen LogP) is 2.95. The van der Waals surface area contributed by atoms with Gasteiger partial charge in [-0.1, -0.05) is 44.0 Å². The summed E-state index contributed by atoms with van der Waals surface area (Å²) in [5.74, 6) is -0.866. The summed E-state index contributed by atoms with van der Waals surface area (Å²) in [4.78, 5) is 9.86. The Morgan fingerprint density at radius 3 is 1.77 bits per heavy atom. The molecule has 0 aliphatic rings. The molecule has 0 saturated heterocycles. The Morgan fingerprint density at radius 2 is 1.69 bits per heavy atom. The van der Waals surface area contributed by atoms with Gasteiger partial charge in [0, 0.05) is 0 Å². The van der Waals surface area contributed by atoms with Gasteiger partial charge in [-0.3, -0.25) is 4.79 Å². The first kappa shape index (κ1) is 14.0. The molecule has 0 atom stereocenters. The van der Waals surface area contributed by atoms with Crippen LogP contribution in [-0.2, 0) is 4.79 Å². The molecule has 2 heteroatoms. The standard InChI is InChI=1S/C6H8O2.C5H8/c1-3-5(2)4-6(7)8;1-4-5(2)3/h3H,1-2,4H2,(H,7,8);4H,1-2H2,3H3. The van der Waals surface area contributed by atoms with Crippen LogP contribution in [0, 0.1) is 0 Å². The highest BCUT2D eigenvalue weighted by Gasteiger charge is 1.94. The lowest BCUT2D eigenvalue weighted by Crippen LogP contribution is -1.93. The average molecular weight is 180 g/mol. The highest BCUT2D eigenvalue weighted by atomic mass is 16.4. The fraction of sp³-hybridized carbons (Fsp3) is 0.182. The minimum absolute atomic E-state index is 0.0104. The topological polar surface area (TPSA) is 37.3 Å². The molecule has 13 heavy (non-hydrogen) atoms. The Morgan fingerprint density at radius 1 is 1.31 bits per heavy atom. The van der Waals surface area contributed by atoms with E-state index in [1.165, 1.54) is 6.08 Å². The van der Waals surface area contributed by atoms with E-state index in [0.717, 1.165) is 5.57 Å². The Bertz CT molecular complexity index is 224. The summed E-state index contributed by atoms with van der Waals surface area (Å²) in [6, 6.07) is 0. The third-order valence-electron chi connectivity index (χ3n) is 1.02. The maximum Gasteiger partial charge on any atom is 0.307 e. The van der Waals surface area contributed by atoms with Gasteiger partial charge in [-0.15, -0.1) is 0 Å². The largest absolute Gasteiger partial charge is 0.481 e. The minimum atomic E-state index is -0.866. The van der Waals surface area contributed by atoms with Crippen LogP contribution < -0.4 is 0 Å². The fourth-order valence-corrected chi connectivity index (χ4v) is 0.266. The van der Waals surface area contributed by atoms with Crippen molar-refractivity contribution < 1.29 is 9.90 Å². The van der Waals surface area contributed by atoms with Gasteiger partial charge >= 0.3 is 5.97 Å². The van der Waals surface area contributed by atoms with Crippen LogP contribution in [0.3, 0.4) is 0 Å². The van der Waals surface area contributed by atoms with Crippen LogP contribution in [0.25, 0.3) is 0 Å². The summed E-state index contributed by atoms with van der Waals surface area (Å²) in [7, 11) is 0. The predicted molar refractivity (Wildman–Crippen MR) is 56.6 cm³/mol. The molecule has 0 aromatic carbocycles. The average Bonchev–Trinajstić information content (AvgIpc) is 2.04. The van der Waals surface area contributed by atoms with Crippen LogP contribution in [0.5, 0.6) is 0 Å². The molecule has 0 amide bonds. The zero-order valence-corrected chi connectivity index (χ0v) is 8.05. The quantitative estimate of drug-likeness (QED) is 0.675. The van der Waals surface area contributed by atoms with E-state index in [2.05, 4.69) is 26.3 Å². The van der Waals surface area contributed by atoms with Crippen molar-refractivity contribution in [3.05, 3.63) is 49.6 Å². The molecular weight excluding hydrogens is 164 g/mol. The van der Waals surface area contributed by atoms with Crippen LogP contribution in [0.15, 0.2) is 49.6 Å². The Balaban J connectivity index is 0. The van der Waals surface area contributed by atoms with Gasteiger partial charge < -0.3 is 5.11 Å². The highest BCUT2D eigenvalue weighted by molar-refractivity contribution is 5.70. The minimum Gasteiger partial charge on any atom is -0.481 e. The van der Waals surface area contributed by atoms with Crippen molar-refractivity contribution in [2.75, 3.05) is 0 Å². The fourth-order valence-electron chi connectivity index (χ4n) is 0.266. The van der Waals surface area contributed by atoms with Crippen molar-refractivity contribution in [3.8, 4) is 0 Å². The summed E-state index contributed by atoms with van der Waals surface area (Å²) >= 11 is 0. The van der Waals surface area contributed by atoms with Crippen LogP contribution in [0.1, 0.15) is 13.3 Å². The number of aliphatic carboxylic acids is 1. The second kappa shape index (κ2) is 8.53. The van der Waals surface area contributed by atoms with Crippen molar-refractivity contribution >= 4 is 5.97 Å². The van der Waals surface area contributed by atoms with Crippen LogP contribution in [0.4, 0.5) is 0 Å². The smallest absolute Gasteiger partial charge is 0.307 e. The maximum atomic E-state index is 9.86. The van der Waals surface area contributed by atoms with Gasteiger partial charge in [0.15, 0.2) is 0 Å². The molecule has 72 valence electrons. The number of hydrogen-bond donors (Lipinski definition) is 1. The number of carbonyl (C=O) groups is 1. The third-order valence-corrected chi connectivity index (χ3v) is 1.02. The zero-order valence-electron chi connectivity index (χ0n) is 8.05. The van der Waals surface area contributed by atoms with Crippen molar-refractivity contribution in [1.29, 1.82) is 0 Å². The number of allylic oxidation sites excluding steroid dienone is 3. The lowest BCUT2D eigenvalue weighted by molar-refractivity contribution is -0.136. The SMILES string of the molecule is C=CC(=C)C.C=CC(=C)CC(=O)O. The molecule has 0 rings (SSSR count).